The summed E-state index contributed by atoms with van der Waals surface area (Å²) in [5, 5.41) is 9.60. The molecule has 0 aliphatic carbocycles. The van der Waals surface area contributed by atoms with Crippen LogP contribution in [0.15, 0.2) is 42.7 Å². The molecule has 4 nitrogen and oxygen atoms in total. The normalized spacial score (nSPS) is 10.3. The third-order valence-electron chi connectivity index (χ3n) is 2.94. The summed E-state index contributed by atoms with van der Waals surface area (Å²) in [7, 11) is 0. The van der Waals surface area contributed by atoms with Crippen molar-refractivity contribution in [2.24, 2.45) is 0 Å². The average Bonchev–Trinajstić information content (AvgIpc) is 2.41. The Morgan fingerprint density at radius 3 is 2.60 bits per heavy atom. The molecule has 1 N–H and O–H groups in total. The van der Waals surface area contributed by atoms with Crippen molar-refractivity contribution < 1.29 is 9.90 Å². The van der Waals surface area contributed by atoms with Gasteiger partial charge in [0.05, 0.1) is 5.02 Å². The molecule has 0 aliphatic rings. The molecule has 0 saturated carbocycles. The molecule has 0 unspecified atom stereocenters. The smallest absolute Gasteiger partial charge is 0.323 e. The SMILES string of the molecule is Cc1ccc(N(CC(=O)O)Cc2ccncc2Cl)cc1. The fourth-order valence-corrected chi connectivity index (χ4v) is 2.07. The molecule has 0 spiro atoms. The molecule has 0 amide bonds. The number of hydrogen-bond donors (Lipinski definition) is 1. The van der Waals surface area contributed by atoms with Crippen LogP contribution in [0.4, 0.5) is 5.69 Å². The quantitative estimate of drug-likeness (QED) is 0.919. The van der Waals surface area contributed by atoms with Crippen molar-refractivity contribution in [1.29, 1.82) is 0 Å². The van der Waals surface area contributed by atoms with Crippen molar-refractivity contribution in [3.8, 4) is 0 Å². The fourth-order valence-electron chi connectivity index (χ4n) is 1.90. The lowest BCUT2D eigenvalue weighted by molar-refractivity contribution is -0.135. The highest BCUT2D eigenvalue weighted by Gasteiger charge is 2.13. The molecule has 2 aromatic rings. The largest absolute Gasteiger partial charge is 0.480 e. The Labute approximate surface area is 122 Å². The number of aryl methyl sites for hydroxylation is 1. The molecule has 1 aromatic heterocycles. The minimum absolute atomic E-state index is 0.0816. The number of carboxylic acid groups (broad SMARTS) is 1. The minimum Gasteiger partial charge on any atom is -0.480 e. The Hall–Kier alpha value is -2.07. The summed E-state index contributed by atoms with van der Waals surface area (Å²) in [5.74, 6) is -0.879. The molecule has 0 saturated heterocycles. The van der Waals surface area contributed by atoms with Gasteiger partial charge in [0.2, 0.25) is 0 Å². The predicted octanol–water partition coefficient (Wildman–Crippen LogP) is 3.13. The summed E-state index contributed by atoms with van der Waals surface area (Å²) in [4.78, 5) is 16.7. The molecule has 104 valence electrons. The van der Waals surface area contributed by atoms with E-state index in [2.05, 4.69) is 4.98 Å². The van der Waals surface area contributed by atoms with Crippen LogP contribution in [-0.4, -0.2) is 22.6 Å². The summed E-state index contributed by atoms with van der Waals surface area (Å²) in [6.45, 7) is 2.34. The zero-order valence-corrected chi connectivity index (χ0v) is 11.8. The van der Waals surface area contributed by atoms with Gasteiger partial charge in [-0.2, -0.15) is 0 Å². The Morgan fingerprint density at radius 1 is 1.30 bits per heavy atom. The highest BCUT2D eigenvalue weighted by Crippen LogP contribution is 2.21. The number of rotatable bonds is 5. The van der Waals surface area contributed by atoms with E-state index in [1.165, 1.54) is 0 Å². The molecular weight excluding hydrogens is 276 g/mol. The Kier molecular flexibility index (Phi) is 4.58. The highest BCUT2D eigenvalue weighted by atomic mass is 35.5. The van der Waals surface area contributed by atoms with Crippen LogP contribution >= 0.6 is 11.6 Å². The summed E-state index contributed by atoms with van der Waals surface area (Å²) in [5.41, 5.74) is 2.83. The van der Waals surface area contributed by atoms with Gasteiger partial charge in [0.1, 0.15) is 6.54 Å². The van der Waals surface area contributed by atoms with Crippen LogP contribution in [0.2, 0.25) is 5.02 Å². The summed E-state index contributed by atoms with van der Waals surface area (Å²) < 4.78 is 0. The van der Waals surface area contributed by atoms with E-state index in [-0.39, 0.29) is 6.54 Å². The zero-order chi connectivity index (χ0) is 14.5. The van der Waals surface area contributed by atoms with E-state index in [9.17, 15) is 4.79 Å². The molecular formula is C15H15ClN2O2. The predicted molar refractivity (Wildman–Crippen MR) is 79.1 cm³/mol. The van der Waals surface area contributed by atoms with Gasteiger partial charge in [0, 0.05) is 24.6 Å². The molecule has 2 rings (SSSR count). The Morgan fingerprint density at radius 2 is 2.00 bits per heavy atom. The minimum atomic E-state index is -0.879. The molecule has 0 atom stereocenters. The number of hydrogen-bond acceptors (Lipinski definition) is 3. The third kappa shape index (κ3) is 3.71. The van der Waals surface area contributed by atoms with Crippen LogP contribution < -0.4 is 4.90 Å². The Balaban J connectivity index is 2.26. The van der Waals surface area contributed by atoms with Crippen molar-refractivity contribution in [1.82, 2.24) is 4.98 Å². The van der Waals surface area contributed by atoms with E-state index in [0.717, 1.165) is 16.8 Å². The molecule has 20 heavy (non-hydrogen) atoms. The van der Waals surface area contributed by atoms with Gasteiger partial charge < -0.3 is 10.0 Å². The lowest BCUT2D eigenvalue weighted by Gasteiger charge is -2.23. The van der Waals surface area contributed by atoms with Gasteiger partial charge in [-0.15, -0.1) is 0 Å². The van der Waals surface area contributed by atoms with Crippen molar-refractivity contribution in [3.63, 3.8) is 0 Å². The van der Waals surface area contributed by atoms with Crippen molar-refractivity contribution >= 4 is 23.3 Å². The summed E-state index contributed by atoms with van der Waals surface area (Å²) >= 11 is 6.08. The average molecular weight is 291 g/mol. The number of nitrogens with zero attached hydrogens (tertiary/aromatic N) is 2. The first-order valence-electron chi connectivity index (χ1n) is 6.18. The summed E-state index contributed by atoms with van der Waals surface area (Å²) in [6.07, 6.45) is 3.21. The van der Waals surface area contributed by atoms with Crippen LogP contribution in [0.5, 0.6) is 0 Å². The van der Waals surface area contributed by atoms with Crippen LogP contribution in [0.3, 0.4) is 0 Å². The number of pyridine rings is 1. The maximum absolute atomic E-state index is 11.0. The van der Waals surface area contributed by atoms with Gasteiger partial charge in [0.15, 0.2) is 0 Å². The number of carboxylic acids is 1. The van der Waals surface area contributed by atoms with Gasteiger partial charge in [-0.25, -0.2) is 0 Å². The first-order chi connectivity index (χ1) is 9.56. The second kappa shape index (κ2) is 6.39. The van der Waals surface area contributed by atoms with E-state index < -0.39 is 5.97 Å². The molecule has 1 heterocycles. The third-order valence-corrected chi connectivity index (χ3v) is 3.28. The van der Waals surface area contributed by atoms with Gasteiger partial charge in [-0.1, -0.05) is 29.3 Å². The first kappa shape index (κ1) is 14.3. The van der Waals surface area contributed by atoms with E-state index in [1.54, 1.807) is 23.4 Å². The standard InChI is InChI=1S/C15H15ClN2O2/c1-11-2-4-13(5-3-11)18(10-15(19)20)9-12-6-7-17-8-14(12)16/h2-8H,9-10H2,1H3,(H,19,20). The molecule has 0 fully saturated rings. The number of benzene rings is 1. The number of aromatic nitrogens is 1. The highest BCUT2D eigenvalue weighted by molar-refractivity contribution is 6.31. The maximum atomic E-state index is 11.0. The number of carbonyl (C=O) groups is 1. The van der Waals surface area contributed by atoms with Crippen LogP contribution in [0.25, 0.3) is 0 Å². The second-order valence-electron chi connectivity index (χ2n) is 4.55. The van der Waals surface area contributed by atoms with Gasteiger partial charge >= 0.3 is 5.97 Å². The fraction of sp³-hybridized carbons (Fsp3) is 0.200. The second-order valence-corrected chi connectivity index (χ2v) is 4.96. The maximum Gasteiger partial charge on any atom is 0.323 e. The lowest BCUT2D eigenvalue weighted by Crippen LogP contribution is -2.29. The van der Waals surface area contributed by atoms with Crippen molar-refractivity contribution in [2.45, 2.75) is 13.5 Å². The van der Waals surface area contributed by atoms with Gasteiger partial charge in [-0.3, -0.25) is 9.78 Å². The van der Waals surface area contributed by atoms with E-state index in [4.69, 9.17) is 16.7 Å². The van der Waals surface area contributed by atoms with Crippen LogP contribution in [-0.2, 0) is 11.3 Å². The summed E-state index contributed by atoms with van der Waals surface area (Å²) in [6, 6.07) is 9.53. The van der Waals surface area contributed by atoms with E-state index in [1.807, 2.05) is 31.2 Å². The number of anilines is 1. The number of aliphatic carboxylic acids is 1. The number of halogens is 1. The van der Waals surface area contributed by atoms with Gasteiger partial charge in [0.25, 0.3) is 0 Å². The topological polar surface area (TPSA) is 53.4 Å². The van der Waals surface area contributed by atoms with Crippen molar-refractivity contribution in [3.05, 3.63) is 58.9 Å². The van der Waals surface area contributed by atoms with Crippen LogP contribution in [0, 0.1) is 6.92 Å². The molecule has 5 heteroatoms. The van der Waals surface area contributed by atoms with E-state index >= 15 is 0 Å². The van der Waals surface area contributed by atoms with Gasteiger partial charge in [-0.05, 0) is 30.7 Å². The molecule has 0 bridgehead atoms. The Bertz CT molecular complexity index is 599. The zero-order valence-electron chi connectivity index (χ0n) is 11.1. The lowest BCUT2D eigenvalue weighted by atomic mass is 10.2. The molecule has 0 radical (unpaired) electrons. The van der Waals surface area contributed by atoms with Crippen molar-refractivity contribution in [2.75, 3.05) is 11.4 Å². The monoisotopic (exact) mass is 290 g/mol. The molecule has 1 aromatic carbocycles. The first-order valence-corrected chi connectivity index (χ1v) is 6.56. The molecule has 0 aliphatic heterocycles. The van der Waals surface area contributed by atoms with E-state index in [0.29, 0.717) is 11.6 Å². The van der Waals surface area contributed by atoms with Crippen LogP contribution in [0.1, 0.15) is 11.1 Å².